The topological polar surface area (TPSA) is 167 Å². The molecule has 158 valence electrons. The fraction of sp³-hybridized carbons (Fsp3) is 0.200. The van der Waals surface area contributed by atoms with Gasteiger partial charge in [0, 0.05) is 5.56 Å². The molecule has 0 spiro atoms. The third kappa shape index (κ3) is 4.27. The van der Waals surface area contributed by atoms with Crippen LogP contribution in [-0.4, -0.2) is 24.2 Å². The van der Waals surface area contributed by atoms with E-state index in [1.165, 1.54) is 0 Å². The predicted octanol–water partition coefficient (Wildman–Crippen LogP) is 2.63. The molecule has 1 unspecified atom stereocenters. The lowest BCUT2D eigenvalue weighted by Crippen LogP contribution is -2.32. The van der Waals surface area contributed by atoms with E-state index in [1.54, 1.807) is 12.1 Å². The number of nitrogens with two attached hydrogens (primary N) is 2. The molecule has 1 atom stereocenters. The number of benzene rings is 1. The first-order chi connectivity index (χ1) is 14.9. The highest BCUT2D eigenvalue weighted by atomic mass is 127. The van der Waals surface area contributed by atoms with Gasteiger partial charge < -0.3 is 26.3 Å². The maximum atomic E-state index is 9.46. The first kappa shape index (κ1) is 22.0. The number of nitrogens with zero attached hydrogens (tertiary/aromatic N) is 4. The number of pyridine rings is 1. The van der Waals surface area contributed by atoms with E-state index in [9.17, 15) is 5.26 Å². The van der Waals surface area contributed by atoms with Crippen LogP contribution >= 0.6 is 22.6 Å². The van der Waals surface area contributed by atoms with Crippen LogP contribution in [0.5, 0.6) is 11.5 Å². The van der Waals surface area contributed by atoms with Crippen LogP contribution in [0.25, 0.3) is 0 Å². The van der Waals surface area contributed by atoms with Crippen LogP contribution in [0.1, 0.15) is 29.7 Å². The molecule has 0 aliphatic carbocycles. The van der Waals surface area contributed by atoms with Crippen LogP contribution in [0, 0.1) is 26.4 Å². The van der Waals surface area contributed by atoms with Crippen LogP contribution in [0.4, 0.5) is 17.3 Å². The first-order valence-electron chi connectivity index (χ1n) is 9.13. The number of halogens is 1. The van der Waals surface area contributed by atoms with Crippen LogP contribution in [0.2, 0.25) is 0 Å². The summed E-state index contributed by atoms with van der Waals surface area (Å²) in [4.78, 5) is 8.83. The number of nitrogen functional groups attached to an aromatic ring is 2. The fourth-order valence-electron chi connectivity index (χ4n) is 3.11. The summed E-state index contributed by atoms with van der Waals surface area (Å²) in [6.07, 6.45) is 3.47. The third-order valence-electron chi connectivity index (χ3n) is 4.35. The van der Waals surface area contributed by atoms with Crippen LogP contribution in [0.3, 0.4) is 0 Å². The molecule has 1 aromatic carbocycles. The minimum Gasteiger partial charge on any atom is -0.490 e. The number of rotatable bonds is 6. The van der Waals surface area contributed by atoms with Gasteiger partial charge in [-0.1, -0.05) is 12.7 Å². The number of guanidine groups is 1. The Kier molecular flexibility index (Phi) is 6.67. The second-order valence-corrected chi connectivity index (χ2v) is 7.43. The molecule has 0 bridgehead atoms. The number of hydrogen-bond acceptors (Lipinski definition) is 10. The van der Waals surface area contributed by atoms with Gasteiger partial charge in [0.25, 0.3) is 0 Å². The van der Waals surface area contributed by atoms with E-state index in [1.807, 2.05) is 25.3 Å². The van der Waals surface area contributed by atoms with Gasteiger partial charge in [-0.25, -0.2) is 9.98 Å². The second-order valence-electron chi connectivity index (χ2n) is 6.26. The van der Waals surface area contributed by atoms with Gasteiger partial charge in [0.15, 0.2) is 17.7 Å². The Morgan fingerprint density at radius 3 is 2.77 bits per heavy atom. The van der Waals surface area contributed by atoms with Crippen molar-refractivity contribution in [3.63, 3.8) is 0 Å². The Bertz CT molecular complexity index is 1150. The van der Waals surface area contributed by atoms with Crippen molar-refractivity contribution in [2.45, 2.75) is 13.0 Å². The van der Waals surface area contributed by atoms with Gasteiger partial charge in [0.05, 0.1) is 15.9 Å². The number of aliphatic imine (C=N–C) groups is 1. The highest BCUT2D eigenvalue weighted by Crippen LogP contribution is 2.44. The van der Waals surface area contributed by atoms with E-state index in [0.29, 0.717) is 41.7 Å². The summed E-state index contributed by atoms with van der Waals surface area (Å²) in [7, 11) is 0. The summed E-state index contributed by atoms with van der Waals surface area (Å²) < 4.78 is 12.3. The van der Waals surface area contributed by atoms with Crippen molar-refractivity contribution in [1.82, 2.24) is 10.3 Å². The molecule has 0 saturated heterocycles. The molecule has 0 fully saturated rings. The Balaban J connectivity index is 2.23. The largest absolute Gasteiger partial charge is 0.490 e. The van der Waals surface area contributed by atoms with E-state index in [0.717, 1.165) is 3.57 Å². The third-order valence-corrected chi connectivity index (χ3v) is 5.15. The summed E-state index contributed by atoms with van der Waals surface area (Å²) in [6, 6.07) is 4.97. The minimum absolute atomic E-state index is 0.0130. The summed E-state index contributed by atoms with van der Waals surface area (Å²) in [6.45, 7) is 6.29. The molecule has 0 radical (unpaired) electrons. The molecule has 3 rings (SSSR count). The number of hydrogen-bond donors (Lipinski definition) is 4. The Morgan fingerprint density at radius 2 is 2.13 bits per heavy atom. The number of fused-ring (bicyclic) bond motifs is 1. The Labute approximate surface area is 192 Å². The number of aromatic nitrogens is 1. The zero-order valence-corrected chi connectivity index (χ0v) is 18.7. The van der Waals surface area contributed by atoms with Gasteiger partial charge in [-0.3, -0.25) is 5.32 Å². The lowest BCUT2D eigenvalue weighted by molar-refractivity contribution is 0.295. The predicted molar refractivity (Wildman–Crippen MR) is 125 cm³/mol. The van der Waals surface area contributed by atoms with Crippen molar-refractivity contribution < 1.29 is 9.47 Å². The maximum absolute atomic E-state index is 9.46. The van der Waals surface area contributed by atoms with E-state index < -0.39 is 6.04 Å². The lowest BCUT2D eigenvalue weighted by Gasteiger charge is -2.27. The zero-order valence-electron chi connectivity index (χ0n) is 16.6. The van der Waals surface area contributed by atoms with E-state index in [-0.39, 0.29) is 23.0 Å². The molecule has 11 heteroatoms. The average molecular weight is 530 g/mol. The molecule has 2 aromatic rings. The molecule has 6 N–H and O–H groups in total. The van der Waals surface area contributed by atoms with E-state index in [4.69, 9.17) is 26.2 Å². The summed E-state index contributed by atoms with van der Waals surface area (Å²) in [5.74, 6) is 1.59. The van der Waals surface area contributed by atoms with E-state index >= 15 is 0 Å². The standard InChI is InChI=1S/C20H19IN8O2/c1-3-5-31-17-12(21)6-10(7-13(17)30-4-2)16-14-15(24)11(8-22)18(25)28-19(14)29-20(27-16)26-9-23/h3,6-7,16H,1,4-5H2,2H3,(H6,24,25,26,27,28,29). The number of ether oxygens (including phenoxy) is 2. The molecule has 10 nitrogen and oxygen atoms in total. The molecule has 1 aromatic heterocycles. The van der Waals surface area contributed by atoms with Gasteiger partial charge in [-0.05, 0) is 47.2 Å². The van der Waals surface area contributed by atoms with Gasteiger partial charge in [-0.15, -0.1) is 0 Å². The van der Waals surface area contributed by atoms with Gasteiger partial charge in [0.1, 0.15) is 35.9 Å². The minimum atomic E-state index is -0.673. The fourth-order valence-corrected chi connectivity index (χ4v) is 3.89. The molecular formula is C20H19IN8O2. The SMILES string of the molecule is C=CCOc1c(I)cc(C2N=C(NC#N)Nc3nc(N)c(C#N)c(N)c32)cc1OCC. The van der Waals surface area contributed by atoms with Gasteiger partial charge >= 0.3 is 0 Å². The van der Waals surface area contributed by atoms with Crippen molar-refractivity contribution in [2.24, 2.45) is 4.99 Å². The summed E-state index contributed by atoms with van der Waals surface area (Å²) in [5, 5.41) is 23.9. The molecule has 1 aliphatic rings. The first-order valence-corrected chi connectivity index (χ1v) is 10.2. The normalized spacial score (nSPS) is 14.2. The maximum Gasteiger partial charge on any atom is 0.211 e. The summed E-state index contributed by atoms with van der Waals surface area (Å²) in [5.41, 5.74) is 13.6. The highest BCUT2D eigenvalue weighted by Gasteiger charge is 2.31. The lowest BCUT2D eigenvalue weighted by atomic mass is 9.95. The van der Waals surface area contributed by atoms with Crippen molar-refractivity contribution in [3.05, 3.63) is 45.0 Å². The van der Waals surface area contributed by atoms with Gasteiger partial charge in [0.2, 0.25) is 5.96 Å². The van der Waals surface area contributed by atoms with Crippen LogP contribution in [-0.2, 0) is 0 Å². The van der Waals surface area contributed by atoms with Gasteiger partial charge in [-0.2, -0.15) is 10.5 Å². The van der Waals surface area contributed by atoms with Crippen molar-refractivity contribution in [3.8, 4) is 23.8 Å². The van der Waals surface area contributed by atoms with Crippen LogP contribution < -0.4 is 31.6 Å². The average Bonchev–Trinajstić information content (AvgIpc) is 2.73. The molecule has 31 heavy (non-hydrogen) atoms. The Morgan fingerprint density at radius 1 is 1.35 bits per heavy atom. The Hall–Kier alpha value is -3.71. The van der Waals surface area contributed by atoms with Crippen molar-refractivity contribution in [1.29, 1.82) is 10.5 Å². The summed E-state index contributed by atoms with van der Waals surface area (Å²) >= 11 is 2.15. The zero-order chi connectivity index (χ0) is 22.5. The molecule has 1 aliphatic heterocycles. The number of anilines is 3. The molecular weight excluding hydrogens is 511 g/mol. The second kappa shape index (κ2) is 9.40. The number of nitriles is 2. The number of nitrogens with one attached hydrogen (secondary N) is 2. The molecule has 0 amide bonds. The van der Waals surface area contributed by atoms with E-state index in [2.05, 4.69) is 49.8 Å². The van der Waals surface area contributed by atoms with Crippen molar-refractivity contribution in [2.75, 3.05) is 30.0 Å². The molecule has 0 saturated carbocycles. The monoisotopic (exact) mass is 530 g/mol. The smallest absolute Gasteiger partial charge is 0.211 e. The molecule has 2 heterocycles. The van der Waals surface area contributed by atoms with Crippen LogP contribution in [0.15, 0.2) is 29.8 Å². The quantitative estimate of drug-likeness (QED) is 0.190. The highest BCUT2D eigenvalue weighted by molar-refractivity contribution is 14.1. The van der Waals surface area contributed by atoms with Crippen molar-refractivity contribution >= 4 is 45.9 Å².